The van der Waals surface area contributed by atoms with Crippen LogP contribution >= 0.6 is 0 Å². The zero-order chi connectivity index (χ0) is 19.5. The number of amides is 1. The van der Waals surface area contributed by atoms with E-state index in [1.165, 1.54) is 0 Å². The van der Waals surface area contributed by atoms with Crippen molar-refractivity contribution in [2.75, 3.05) is 26.4 Å². The van der Waals surface area contributed by atoms with Crippen molar-refractivity contribution in [1.82, 2.24) is 10.3 Å². The van der Waals surface area contributed by atoms with Gasteiger partial charge >= 0.3 is 0 Å². The van der Waals surface area contributed by atoms with Gasteiger partial charge in [-0.05, 0) is 51.1 Å². The van der Waals surface area contributed by atoms with Gasteiger partial charge in [0.2, 0.25) is 0 Å². The minimum atomic E-state index is -0.225. The van der Waals surface area contributed by atoms with Crippen molar-refractivity contribution in [2.45, 2.75) is 20.8 Å². The van der Waals surface area contributed by atoms with Crippen LogP contribution in [0.2, 0.25) is 0 Å². The van der Waals surface area contributed by atoms with Crippen LogP contribution in [0.4, 0.5) is 0 Å². The number of carbonyl (C=O) groups is 1. The number of nitrogens with zero attached hydrogens (tertiary/aromatic N) is 1. The highest BCUT2D eigenvalue weighted by atomic mass is 16.5. The molecule has 0 radical (unpaired) electrons. The summed E-state index contributed by atoms with van der Waals surface area (Å²) < 4.78 is 16.5. The lowest BCUT2D eigenvalue weighted by Crippen LogP contribution is -2.23. The molecule has 0 saturated carbocycles. The Morgan fingerprint density at radius 3 is 2.52 bits per heavy atom. The molecule has 0 bridgehead atoms. The van der Waals surface area contributed by atoms with E-state index in [1.807, 2.05) is 32.9 Å². The first-order valence-electron chi connectivity index (χ1n) is 8.83. The number of rotatable bonds is 8. The van der Waals surface area contributed by atoms with Gasteiger partial charge in [0, 0.05) is 11.3 Å². The lowest BCUT2D eigenvalue weighted by molar-refractivity contribution is 0.0958. The average molecular weight is 368 g/mol. The Bertz CT molecular complexity index is 807. The van der Waals surface area contributed by atoms with Gasteiger partial charge in [-0.1, -0.05) is 11.8 Å². The van der Waals surface area contributed by atoms with Crippen molar-refractivity contribution in [3.63, 3.8) is 0 Å². The van der Waals surface area contributed by atoms with Gasteiger partial charge in [0.1, 0.15) is 12.4 Å². The van der Waals surface area contributed by atoms with Gasteiger partial charge < -0.3 is 19.5 Å². The van der Waals surface area contributed by atoms with Crippen LogP contribution < -0.4 is 19.5 Å². The molecule has 0 fully saturated rings. The quantitative estimate of drug-likeness (QED) is 0.726. The van der Waals surface area contributed by atoms with Gasteiger partial charge in [-0.15, -0.1) is 0 Å². The summed E-state index contributed by atoms with van der Waals surface area (Å²) >= 11 is 0. The molecule has 0 aliphatic heterocycles. The molecule has 6 heteroatoms. The number of aryl methyl sites for hydroxylation is 1. The molecule has 0 atom stereocenters. The molecular weight excluding hydrogens is 344 g/mol. The maximum Gasteiger partial charge on any atom is 0.252 e. The van der Waals surface area contributed by atoms with E-state index < -0.39 is 0 Å². The molecule has 0 unspecified atom stereocenters. The summed E-state index contributed by atoms with van der Waals surface area (Å²) in [5.74, 6) is 7.33. The summed E-state index contributed by atoms with van der Waals surface area (Å²) in [7, 11) is 0. The highest BCUT2D eigenvalue weighted by Gasteiger charge is 2.10. The molecule has 2 rings (SSSR count). The largest absolute Gasteiger partial charge is 0.490 e. The summed E-state index contributed by atoms with van der Waals surface area (Å²) in [6.45, 7) is 7.17. The molecule has 1 heterocycles. The molecule has 1 aromatic carbocycles. The molecule has 1 aromatic heterocycles. The number of nitrogens with one attached hydrogen (secondary N) is 1. The van der Waals surface area contributed by atoms with E-state index in [9.17, 15) is 4.79 Å². The smallest absolute Gasteiger partial charge is 0.252 e. The van der Waals surface area contributed by atoms with Crippen molar-refractivity contribution in [3.8, 4) is 29.1 Å². The summed E-state index contributed by atoms with van der Waals surface area (Å²) in [5, 5.41) is 2.75. The molecule has 0 aliphatic carbocycles. The maximum atomic E-state index is 12.2. The van der Waals surface area contributed by atoms with E-state index in [4.69, 9.17) is 14.2 Å². The first-order valence-corrected chi connectivity index (χ1v) is 8.83. The lowest BCUT2D eigenvalue weighted by Gasteiger charge is -2.12. The van der Waals surface area contributed by atoms with Crippen molar-refractivity contribution >= 4 is 5.91 Å². The highest BCUT2D eigenvalue weighted by molar-refractivity contribution is 5.95. The molecule has 1 amide bonds. The predicted molar refractivity (Wildman–Crippen MR) is 103 cm³/mol. The third kappa shape index (κ3) is 6.55. The van der Waals surface area contributed by atoms with Crippen LogP contribution in [0, 0.1) is 18.8 Å². The molecule has 0 spiro atoms. The van der Waals surface area contributed by atoms with Gasteiger partial charge in [-0.2, -0.15) is 0 Å². The zero-order valence-corrected chi connectivity index (χ0v) is 15.9. The fraction of sp³-hybridized carbons (Fsp3) is 0.333. The first-order chi connectivity index (χ1) is 13.1. The minimum absolute atomic E-state index is 0.225. The third-order valence-electron chi connectivity index (χ3n) is 3.46. The average Bonchev–Trinajstić information content (AvgIpc) is 2.67. The van der Waals surface area contributed by atoms with E-state index >= 15 is 0 Å². The Kier molecular flexibility index (Phi) is 7.98. The second-order valence-electron chi connectivity index (χ2n) is 5.49. The highest BCUT2D eigenvalue weighted by Crippen LogP contribution is 2.28. The maximum absolute atomic E-state index is 12.2. The Morgan fingerprint density at radius 2 is 1.81 bits per heavy atom. The Labute approximate surface area is 159 Å². The summed E-state index contributed by atoms with van der Waals surface area (Å²) in [5.41, 5.74) is 1.42. The fourth-order valence-corrected chi connectivity index (χ4v) is 2.19. The van der Waals surface area contributed by atoms with Crippen LogP contribution in [0.5, 0.6) is 17.2 Å². The summed E-state index contributed by atoms with van der Waals surface area (Å²) in [6.07, 6.45) is 1.65. The molecule has 1 N–H and O–H groups in total. The topological polar surface area (TPSA) is 69.7 Å². The summed E-state index contributed by atoms with van der Waals surface area (Å²) in [4.78, 5) is 16.4. The van der Waals surface area contributed by atoms with E-state index in [2.05, 4.69) is 22.1 Å². The third-order valence-corrected chi connectivity index (χ3v) is 3.46. The van der Waals surface area contributed by atoms with E-state index in [0.29, 0.717) is 36.0 Å². The van der Waals surface area contributed by atoms with Gasteiger partial charge in [0.05, 0.1) is 26.0 Å². The lowest BCUT2D eigenvalue weighted by atomic mass is 10.2. The van der Waals surface area contributed by atoms with Crippen molar-refractivity contribution in [2.24, 2.45) is 0 Å². The second kappa shape index (κ2) is 10.7. The van der Waals surface area contributed by atoms with Gasteiger partial charge in [0.25, 0.3) is 5.91 Å². The van der Waals surface area contributed by atoms with Crippen molar-refractivity contribution in [3.05, 3.63) is 47.8 Å². The standard InChI is InChI=1S/C21H24N2O4/c1-4-25-19-11-9-17(14-20(19)26-5-2)21(24)22-12-6-7-13-27-18-10-8-16(3)23-15-18/h8-11,14-15H,4-5,12-13H2,1-3H3,(H,22,24). The number of pyridine rings is 1. The molecular formula is C21H24N2O4. The monoisotopic (exact) mass is 368 g/mol. The van der Waals surface area contributed by atoms with E-state index in [-0.39, 0.29) is 19.1 Å². The number of hydrogen-bond donors (Lipinski definition) is 1. The molecule has 2 aromatic rings. The number of carbonyl (C=O) groups excluding carboxylic acids is 1. The van der Waals surface area contributed by atoms with Crippen LogP contribution in [-0.2, 0) is 0 Å². The van der Waals surface area contributed by atoms with E-state index in [0.717, 1.165) is 5.69 Å². The van der Waals surface area contributed by atoms with Gasteiger partial charge in [-0.3, -0.25) is 9.78 Å². The van der Waals surface area contributed by atoms with Gasteiger partial charge in [-0.25, -0.2) is 0 Å². The summed E-state index contributed by atoms with van der Waals surface area (Å²) in [6, 6.07) is 8.82. The molecule has 6 nitrogen and oxygen atoms in total. The number of benzene rings is 1. The Morgan fingerprint density at radius 1 is 1.04 bits per heavy atom. The van der Waals surface area contributed by atoms with Crippen LogP contribution in [0.1, 0.15) is 29.9 Å². The number of ether oxygens (including phenoxy) is 3. The molecule has 0 saturated heterocycles. The SMILES string of the molecule is CCOc1ccc(C(=O)NCC#CCOc2ccc(C)nc2)cc1OCC. The Balaban J connectivity index is 1.83. The fourth-order valence-electron chi connectivity index (χ4n) is 2.19. The molecule has 27 heavy (non-hydrogen) atoms. The molecule has 142 valence electrons. The first kappa shape index (κ1) is 20.1. The number of aromatic nitrogens is 1. The van der Waals surface area contributed by atoms with Crippen molar-refractivity contribution in [1.29, 1.82) is 0 Å². The number of hydrogen-bond acceptors (Lipinski definition) is 5. The van der Waals surface area contributed by atoms with Crippen LogP contribution in [0.25, 0.3) is 0 Å². The van der Waals surface area contributed by atoms with Crippen LogP contribution in [0.15, 0.2) is 36.5 Å². The van der Waals surface area contributed by atoms with Crippen molar-refractivity contribution < 1.29 is 19.0 Å². The van der Waals surface area contributed by atoms with Gasteiger partial charge in [0.15, 0.2) is 11.5 Å². The van der Waals surface area contributed by atoms with E-state index in [1.54, 1.807) is 24.4 Å². The van der Waals surface area contributed by atoms with Crippen LogP contribution in [0.3, 0.4) is 0 Å². The Hall–Kier alpha value is -3.20. The minimum Gasteiger partial charge on any atom is -0.490 e. The van der Waals surface area contributed by atoms with Crippen LogP contribution in [-0.4, -0.2) is 37.3 Å². The predicted octanol–water partition coefficient (Wildman–Crippen LogP) is 3.00. The normalized spacial score (nSPS) is 9.74. The zero-order valence-electron chi connectivity index (χ0n) is 15.9. The second-order valence-corrected chi connectivity index (χ2v) is 5.49. The molecule has 0 aliphatic rings.